The first-order valence-electron chi connectivity index (χ1n) is 11.3. The number of likely N-dealkylation sites (N-methyl/N-ethyl adjacent to an activating group) is 1. The Morgan fingerprint density at radius 2 is 2.09 bits per heavy atom. The zero-order valence-corrected chi connectivity index (χ0v) is 20.3. The van der Waals surface area contributed by atoms with Crippen LogP contribution in [0.2, 0.25) is 0 Å². The molecule has 3 rings (SSSR count). The van der Waals surface area contributed by atoms with E-state index in [0.717, 1.165) is 12.8 Å². The molecule has 2 aliphatic rings. The molecule has 1 fully saturated rings. The highest BCUT2D eigenvalue weighted by atomic mass is 19.1. The summed E-state index contributed by atoms with van der Waals surface area (Å²) >= 11 is 0. The quantitative estimate of drug-likeness (QED) is 0.540. The summed E-state index contributed by atoms with van der Waals surface area (Å²) < 4.78 is 20.3. The number of piperidine rings is 1. The molecule has 2 amide bonds. The van der Waals surface area contributed by atoms with E-state index in [-0.39, 0.29) is 11.7 Å². The maximum atomic E-state index is 13.3. The van der Waals surface area contributed by atoms with Crippen molar-refractivity contribution in [3.8, 4) is 17.9 Å². The van der Waals surface area contributed by atoms with E-state index in [4.69, 9.17) is 15.7 Å². The number of nitrogens with one attached hydrogen (secondary N) is 1. The Labute approximate surface area is 205 Å². The second-order valence-corrected chi connectivity index (χ2v) is 8.35. The molecule has 0 radical (unpaired) electrons. The van der Waals surface area contributed by atoms with Crippen molar-refractivity contribution < 1.29 is 18.7 Å². The molecule has 0 bridgehead atoms. The summed E-state index contributed by atoms with van der Waals surface area (Å²) in [5, 5.41) is 14.8. The van der Waals surface area contributed by atoms with Crippen LogP contribution >= 0.6 is 0 Å². The van der Waals surface area contributed by atoms with Crippen molar-refractivity contribution in [1.29, 1.82) is 5.26 Å². The van der Waals surface area contributed by atoms with Gasteiger partial charge in [0, 0.05) is 45.4 Å². The largest absolute Gasteiger partial charge is 0.448 e. The molecular formula is C24H32FN7O3. The van der Waals surface area contributed by atoms with Gasteiger partial charge in [0.05, 0.1) is 6.07 Å². The molecule has 1 aliphatic carbocycles. The maximum Gasteiger partial charge on any atom is 0.409 e. The van der Waals surface area contributed by atoms with Crippen LogP contribution in [0.25, 0.3) is 0 Å². The fraction of sp³-hybridized carbons (Fsp3) is 0.500. The van der Waals surface area contributed by atoms with Crippen molar-refractivity contribution >= 4 is 17.8 Å². The molecule has 0 spiro atoms. The standard InChI is InChI=1S/C22H29FN6O3.C2H3N/c1-27(2)12-13-32-22(31)28-10-8-16(9-11-28)14-29-15-19(20(24)30)21(26-29)25-18-5-3-4-17(23)6-7-18;1-2-3/h4,6-7,15-16,18H,8-14H2,1-2H3,(H2,24,30)(H,25,26);1H3. The number of hydrogen-bond acceptors (Lipinski definition) is 7. The Balaban J connectivity index is 0.00000137. The van der Waals surface area contributed by atoms with Crippen LogP contribution < -0.4 is 11.1 Å². The number of allylic oxidation sites excluding steroid dienone is 3. The highest BCUT2D eigenvalue weighted by molar-refractivity contribution is 5.97. The van der Waals surface area contributed by atoms with E-state index < -0.39 is 17.8 Å². The van der Waals surface area contributed by atoms with Gasteiger partial charge in [-0.2, -0.15) is 10.4 Å². The summed E-state index contributed by atoms with van der Waals surface area (Å²) in [6, 6.07) is 1.25. The zero-order chi connectivity index (χ0) is 25.8. The van der Waals surface area contributed by atoms with E-state index in [2.05, 4.69) is 22.3 Å². The smallest absolute Gasteiger partial charge is 0.409 e. The van der Waals surface area contributed by atoms with Gasteiger partial charge < -0.3 is 25.6 Å². The minimum absolute atomic E-state index is 0.250. The number of halogens is 1. The molecule has 1 unspecified atom stereocenters. The van der Waals surface area contributed by atoms with Gasteiger partial charge in [-0.15, -0.1) is 0 Å². The molecule has 10 nitrogen and oxygen atoms in total. The Hall–Kier alpha value is -3.83. The van der Waals surface area contributed by atoms with Crippen molar-refractivity contribution in [2.24, 2.45) is 11.7 Å². The van der Waals surface area contributed by atoms with Crippen molar-refractivity contribution in [2.45, 2.75) is 32.4 Å². The maximum absolute atomic E-state index is 13.3. The van der Waals surface area contributed by atoms with Gasteiger partial charge in [-0.1, -0.05) is 11.8 Å². The van der Waals surface area contributed by atoms with Gasteiger partial charge >= 0.3 is 6.09 Å². The second kappa shape index (κ2) is 13.8. The lowest BCUT2D eigenvalue weighted by Crippen LogP contribution is -2.40. The number of aromatic nitrogens is 2. The number of carbonyl (C=O) groups excluding carboxylic acids is 2. The van der Waals surface area contributed by atoms with Crippen molar-refractivity contribution in [3.63, 3.8) is 0 Å². The number of nitriles is 1. The van der Waals surface area contributed by atoms with E-state index >= 15 is 0 Å². The minimum atomic E-state index is -0.607. The number of nitrogens with two attached hydrogens (primary N) is 1. The Bertz CT molecular complexity index is 1040. The molecule has 3 N–H and O–H groups in total. The fourth-order valence-corrected chi connectivity index (χ4v) is 3.49. The summed E-state index contributed by atoms with van der Waals surface area (Å²) in [5.41, 5.74) is 5.76. The molecule has 35 heavy (non-hydrogen) atoms. The summed E-state index contributed by atoms with van der Waals surface area (Å²) in [5.74, 6) is 5.01. The molecule has 2 heterocycles. The van der Waals surface area contributed by atoms with Crippen molar-refractivity contribution in [3.05, 3.63) is 35.8 Å². The predicted molar refractivity (Wildman–Crippen MR) is 130 cm³/mol. The van der Waals surface area contributed by atoms with E-state index in [1.54, 1.807) is 27.9 Å². The van der Waals surface area contributed by atoms with Gasteiger partial charge in [-0.05, 0) is 45.0 Å². The molecule has 1 aliphatic heterocycles. The molecular weight excluding hydrogens is 453 g/mol. The number of amides is 2. The topological polar surface area (TPSA) is 130 Å². The van der Waals surface area contributed by atoms with E-state index in [9.17, 15) is 14.0 Å². The van der Waals surface area contributed by atoms with Crippen molar-refractivity contribution in [2.75, 3.05) is 45.7 Å². The third kappa shape index (κ3) is 9.14. The normalized spacial score (nSPS) is 17.2. The van der Waals surface area contributed by atoms with Gasteiger partial charge in [0.2, 0.25) is 0 Å². The fourth-order valence-electron chi connectivity index (χ4n) is 3.49. The molecule has 0 saturated carbocycles. The summed E-state index contributed by atoms with van der Waals surface area (Å²) in [6.45, 7) is 4.30. The third-order valence-electron chi connectivity index (χ3n) is 5.30. The van der Waals surface area contributed by atoms with Gasteiger partial charge in [-0.25, -0.2) is 9.18 Å². The van der Waals surface area contributed by atoms with E-state index in [0.29, 0.717) is 44.5 Å². The highest BCUT2D eigenvalue weighted by Gasteiger charge is 2.25. The average Bonchev–Trinajstić information content (AvgIpc) is 3.08. The Morgan fingerprint density at radius 3 is 2.71 bits per heavy atom. The Kier molecular flexibility index (Phi) is 10.8. The minimum Gasteiger partial charge on any atom is -0.448 e. The molecule has 1 saturated heterocycles. The molecule has 188 valence electrons. The van der Waals surface area contributed by atoms with Crippen LogP contribution in [0.1, 0.15) is 30.1 Å². The van der Waals surface area contributed by atoms with Gasteiger partial charge in [0.1, 0.15) is 24.0 Å². The Morgan fingerprint density at radius 1 is 1.40 bits per heavy atom. The first-order chi connectivity index (χ1) is 16.7. The number of ether oxygens (including phenoxy) is 1. The lowest BCUT2D eigenvalue weighted by molar-refractivity contribution is 0.0807. The molecule has 1 aromatic rings. The number of nitrogens with zero attached hydrogens (tertiary/aromatic N) is 5. The van der Waals surface area contributed by atoms with Crippen LogP contribution in [0, 0.1) is 29.1 Å². The van der Waals surface area contributed by atoms with Crippen LogP contribution in [0.4, 0.5) is 15.0 Å². The number of hydrogen-bond donors (Lipinski definition) is 2. The zero-order valence-electron chi connectivity index (χ0n) is 20.3. The number of carbonyl (C=O) groups is 2. The summed E-state index contributed by atoms with van der Waals surface area (Å²) in [7, 11) is 3.85. The number of primary amides is 1. The molecule has 0 aromatic carbocycles. The lowest BCUT2D eigenvalue weighted by atomic mass is 9.97. The third-order valence-corrected chi connectivity index (χ3v) is 5.30. The van der Waals surface area contributed by atoms with Gasteiger partial charge in [0.15, 0.2) is 5.82 Å². The number of anilines is 1. The van der Waals surface area contributed by atoms with Crippen LogP contribution in [0.15, 0.2) is 30.3 Å². The van der Waals surface area contributed by atoms with E-state index in [1.807, 2.05) is 19.0 Å². The number of likely N-dealkylation sites (tertiary alicyclic amines) is 1. The lowest BCUT2D eigenvalue weighted by Gasteiger charge is -2.31. The van der Waals surface area contributed by atoms with Gasteiger partial charge in [-0.3, -0.25) is 9.48 Å². The van der Waals surface area contributed by atoms with E-state index in [1.165, 1.54) is 19.1 Å². The molecule has 1 atom stereocenters. The van der Waals surface area contributed by atoms with Crippen molar-refractivity contribution in [1.82, 2.24) is 19.6 Å². The van der Waals surface area contributed by atoms with Crippen LogP contribution in [0.3, 0.4) is 0 Å². The first kappa shape index (κ1) is 27.4. The molecule has 1 aromatic heterocycles. The highest BCUT2D eigenvalue weighted by Crippen LogP contribution is 2.22. The van der Waals surface area contributed by atoms with Crippen LogP contribution in [-0.4, -0.2) is 78.0 Å². The monoisotopic (exact) mass is 485 g/mol. The van der Waals surface area contributed by atoms with Crippen LogP contribution in [-0.2, 0) is 11.3 Å². The van der Waals surface area contributed by atoms with Crippen LogP contribution in [0.5, 0.6) is 0 Å². The second-order valence-electron chi connectivity index (χ2n) is 8.35. The predicted octanol–water partition coefficient (Wildman–Crippen LogP) is 2.13. The first-order valence-corrected chi connectivity index (χ1v) is 11.3. The molecule has 11 heteroatoms. The average molecular weight is 486 g/mol. The van der Waals surface area contributed by atoms with Gasteiger partial charge in [0.25, 0.3) is 5.91 Å². The summed E-state index contributed by atoms with van der Waals surface area (Å²) in [6.07, 6.45) is 6.97. The SMILES string of the molecule is CC#N.CN(C)CCOC(=O)N1CCC(Cn2cc(C(N)=O)c(NC3C#CC=C(F)C=C3)n2)CC1. The number of rotatable bonds is 8. The summed E-state index contributed by atoms with van der Waals surface area (Å²) in [4.78, 5) is 27.7.